The minimum absolute atomic E-state index is 0.352. The van der Waals surface area contributed by atoms with Crippen LogP contribution in [0.1, 0.15) is 27.7 Å². The van der Waals surface area contributed by atoms with Crippen LogP contribution in [0.4, 0.5) is 0 Å². The number of hydrogen-bond acceptors (Lipinski definition) is 2. The standard InChI is InChI=1S/2C3H7O.In/c2*1-3(2)4;/h2*3H,1-2H3;/q2*-1;+2. The first kappa shape index (κ1) is 9.79. The van der Waals surface area contributed by atoms with Gasteiger partial charge >= 0.3 is 69.4 Å². The Labute approximate surface area is 69.5 Å². The summed E-state index contributed by atoms with van der Waals surface area (Å²) in [5.74, 6) is 0. The Balaban J connectivity index is 2.91. The minimum atomic E-state index is -1.09. The summed E-state index contributed by atoms with van der Waals surface area (Å²) in [4.78, 5) is 0. The fraction of sp³-hybridized carbons (Fsp3) is 1.00. The molecule has 0 heterocycles. The molecule has 0 aromatic rings. The summed E-state index contributed by atoms with van der Waals surface area (Å²) in [6, 6.07) is 0. The first-order valence-corrected chi connectivity index (χ1v) is 5.94. The molecule has 0 saturated heterocycles. The van der Waals surface area contributed by atoms with Crippen molar-refractivity contribution in [3.8, 4) is 0 Å². The summed E-state index contributed by atoms with van der Waals surface area (Å²) in [7, 11) is 0. The Morgan fingerprint density at radius 1 is 0.889 bits per heavy atom. The Hall–Kier alpha value is 0.790. The van der Waals surface area contributed by atoms with Crippen LogP contribution in [0.25, 0.3) is 0 Å². The maximum absolute atomic E-state index is 5.32. The van der Waals surface area contributed by atoms with Gasteiger partial charge in [-0.05, 0) is 0 Å². The van der Waals surface area contributed by atoms with Gasteiger partial charge in [0.2, 0.25) is 0 Å². The van der Waals surface area contributed by atoms with E-state index in [-0.39, 0.29) is 0 Å². The van der Waals surface area contributed by atoms with Crippen molar-refractivity contribution in [2.45, 2.75) is 39.9 Å². The second-order valence-electron chi connectivity index (χ2n) is 2.47. The SMILES string of the molecule is CC(C)[O][In][O]C(C)C. The molecule has 0 amide bonds. The number of rotatable bonds is 4. The molecule has 0 rings (SSSR count). The monoisotopic (exact) mass is 233 g/mol. The van der Waals surface area contributed by atoms with E-state index in [9.17, 15) is 0 Å². The van der Waals surface area contributed by atoms with Gasteiger partial charge in [-0.3, -0.25) is 0 Å². The zero-order chi connectivity index (χ0) is 7.28. The molecule has 0 N–H and O–H groups in total. The summed E-state index contributed by atoms with van der Waals surface area (Å²) in [6.07, 6.45) is 0.704. The van der Waals surface area contributed by atoms with Gasteiger partial charge in [0.25, 0.3) is 0 Å². The van der Waals surface area contributed by atoms with E-state index in [0.29, 0.717) is 12.2 Å². The van der Waals surface area contributed by atoms with Gasteiger partial charge < -0.3 is 0 Å². The van der Waals surface area contributed by atoms with Crippen molar-refractivity contribution in [1.29, 1.82) is 0 Å². The molecule has 53 valence electrons. The van der Waals surface area contributed by atoms with Gasteiger partial charge in [-0.15, -0.1) is 0 Å². The third-order valence-electron chi connectivity index (χ3n) is 0.655. The van der Waals surface area contributed by atoms with Crippen LogP contribution in [0.2, 0.25) is 0 Å². The molecule has 0 aromatic heterocycles. The molecule has 0 aromatic carbocycles. The molecule has 0 aliphatic heterocycles. The van der Waals surface area contributed by atoms with Crippen molar-refractivity contribution >= 4 is 23.8 Å². The first-order valence-electron chi connectivity index (χ1n) is 3.25. The van der Waals surface area contributed by atoms with E-state index >= 15 is 0 Å². The van der Waals surface area contributed by atoms with Crippen molar-refractivity contribution < 1.29 is 5.71 Å². The molecule has 0 atom stereocenters. The molecule has 0 saturated carbocycles. The third kappa shape index (κ3) is 8.79. The van der Waals surface area contributed by atoms with Crippen LogP contribution in [-0.2, 0) is 5.71 Å². The average molecular weight is 233 g/mol. The third-order valence-corrected chi connectivity index (χ3v) is 4.40. The fourth-order valence-electron chi connectivity index (χ4n) is 0.254. The van der Waals surface area contributed by atoms with E-state index in [4.69, 9.17) is 5.71 Å². The fourth-order valence-corrected chi connectivity index (χ4v) is 1.71. The van der Waals surface area contributed by atoms with Crippen molar-refractivity contribution in [3.63, 3.8) is 0 Å². The predicted octanol–water partition coefficient (Wildman–Crippen LogP) is 1.37. The van der Waals surface area contributed by atoms with E-state index in [1.165, 1.54) is 0 Å². The van der Waals surface area contributed by atoms with Crippen LogP contribution in [-0.4, -0.2) is 36.0 Å². The van der Waals surface area contributed by atoms with Crippen LogP contribution in [0.3, 0.4) is 0 Å². The van der Waals surface area contributed by atoms with Crippen molar-refractivity contribution in [1.82, 2.24) is 0 Å². The Bertz CT molecular complexity index is 56.1. The Morgan fingerprint density at radius 3 is 1.44 bits per heavy atom. The Morgan fingerprint density at radius 2 is 1.22 bits per heavy atom. The molecule has 9 heavy (non-hydrogen) atoms. The topological polar surface area (TPSA) is 18.5 Å². The van der Waals surface area contributed by atoms with E-state index in [2.05, 4.69) is 0 Å². The summed E-state index contributed by atoms with van der Waals surface area (Å²) < 4.78 is 10.6. The average Bonchev–Trinajstić information content (AvgIpc) is 1.63. The summed E-state index contributed by atoms with van der Waals surface area (Å²) in [5, 5.41) is 0. The van der Waals surface area contributed by atoms with Crippen LogP contribution in [0.5, 0.6) is 0 Å². The van der Waals surface area contributed by atoms with Gasteiger partial charge in [-0.2, -0.15) is 0 Å². The quantitative estimate of drug-likeness (QED) is 0.730. The molecule has 0 spiro atoms. The molecule has 0 fully saturated rings. The van der Waals surface area contributed by atoms with Crippen LogP contribution >= 0.6 is 0 Å². The van der Waals surface area contributed by atoms with Gasteiger partial charge in [0.05, 0.1) is 0 Å². The van der Waals surface area contributed by atoms with E-state index < -0.39 is 23.8 Å². The molecular formula is C6H14InO2. The van der Waals surface area contributed by atoms with Crippen LogP contribution < -0.4 is 0 Å². The van der Waals surface area contributed by atoms with Gasteiger partial charge in [0, 0.05) is 0 Å². The molecule has 0 aliphatic rings. The van der Waals surface area contributed by atoms with E-state index in [0.717, 1.165) is 0 Å². The van der Waals surface area contributed by atoms with E-state index in [1.54, 1.807) is 0 Å². The molecule has 3 heteroatoms. The summed E-state index contributed by atoms with van der Waals surface area (Å²) >= 11 is -1.09. The molecule has 0 unspecified atom stereocenters. The number of hydrogen-bond donors (Lipinski definition) is 0. The van der Waals surface area contributed by atoms with Gasteiger partial charge in [-0.1, -0.05) is 0 Å². The maximum atomic E-state index is 5.32. The zero-order valence-electron chi connectivity index (χ0n) is 6.55. The van der Waals surface area contributed by atoms with Gasteiger partial charge in [-0.25, -0.2) is 0 Å². The van der Waals surface area contributed by atoms with Crippen molar-refractivity contribution in [2.75, 3.05) is 0 Å². The summed E-state index contributed by atoms with van der Waals surface area (Å²) in [5.41, 5.74) is 0. The predicted molar refractivity (Wildman–Crippen MR) is 38.2 cm³/mol. The molecule has 1 radical (unpaired) electrons. The van der Waals surface area contributed by atoms with Crippen LogP contribution in [0, 0.1) is 0 Å². The first-order chi connectivity index (χ1) is 4.13. The molecular weight excluding hydrogens is 219 g/mol. The second-order valence-corrected chi connectivity index (χ2v) is 4.57. The second kappa shape index (κ2) is 5.57. The van der Waals surface area contributed by atoms with E-state index in [1.807, 2.05) is 27.7 Å². The van der Waals surface area contributed by atoms with Gasteiger partial charge in [0.15, 0.2) is 0 Å². The van der Waals surface area contributed by atoms with Crippen LogP contribution in [0.15, 0.2) is 0 Å². The Kier molecular flexibility index (Phi) is 6.05. The zero-order valence-corrected chi connectivity index (χ0v) is 9.84. The van der Waals surface area contributed by atoms with Gasteiger partial charge in [0.1, 0.15) is 0 Å². The molecule has 0 bridgehead atoms. The van der Waals surface area contributed by atoms with Crippen molar-refractivity contribution in [3.05, 3.63) is 0 Å². The summed E-state index contributed by atoms with van der Waals surface area (Å²) in [6.45, 7) is 8.15. The molecule has 2 nitrogen and oxygen atoms in total. The normalized spacial score (nSPS) is 10.9. The molecule has 0 aliphatic carbocycles. The van der Waals surface area contributed by atoms with Crippen molar-refractivity contribution in [2.24, 2.45) is 0 Å².